The van der Waals surface area contributed by atoms with Crippen LogP contribution in [-0.2, 0) is 19.1 Å². The van der Waals surface area contributed by atoms with Crippen LogP contribution in [0.15, 0.2) is 48.6 Å². The standard InChI is InChI=1S/C33H56O7/c1-3-5-7-9-11-13-19-25-33(38)40-31(27-34)28-39-32(37)26-20-24-30(36)23-18-15-14-17-22-29(35)21-16-12-10-8-6-4-2/h12,14-18,22-23,29-31,34-36H,3-11,13,19-21,24-28H2,1-2H3/b15-14+,16-12-,22-17+,23-18-/t29-,30-,31+/m1/s1. The molecule has 40 heavy (non-hydrogen) atoms. The zero-order chi connectivity index (χ0) is 29.7. The maximum absolute atomic E-state index is 12.0. The number of carbonyl (C=O) groups is 2. The van der Waals surface area contributed by atoms with Crippen LogP contribution in [0.1, 0.15) is 117 Å². The van der Waals surface area contributed by atoms with Gasteiger partial charge < -0.3 is 24.8 Å². The quantitative estimate of drug-likeness (QED) is 0.0466. The van der Waals surface area contributed by atoms with Crippen LogP contribution in [0.3, 0.4) is 0 Å². The zero-order valence-electron chi connectivity index (χ0n) is 25.1. The molecule has 0 saturated heterocycles. The molecule has 230 valence electrons. The number of rotatable bonds is 26. The number of hydrogen-bond acceptors (Lipinski definition) is 7. The lowest BCUT2D eigenvalue weighted by molar-refractivity contribution is -0.161. The van der Waals surface area contributed by atoms with Gasteiger partial charge in [-0.2, -0.15) is 0 Å². The normalized spacial score (nSPS) is 14.4. The summed E-state index contributed by atoms with van der Waals surface area (Å²) < 4.78 is 10.3. The molecule has 0 aromatic rings. The predicted octanol–water partition coefficient (Wildman–Crippen LogP) is 6.66. The van der Waals surface area contributed by atoms with E-state index in [-0.39, 0.29) is 19.0 Å². The first-order chi connectivity index (χ1) is 19.4. The molecule has 0 aromatic carbocycles. The van der Waals surface area contributed by atoms with Crippen LogP contribution in [0, 0.1) is 0 Å². The number of carbonyl (C=O) groups excluding carboxylic acids is 2. The average molecular weight is 565 g/mol. The van der Waals surface area contributed by atoms with Gasteiger partial charge in [-0.25, -0.2) is 0 Å². The third kappa shape index (κ3) is 26.0. The number of hydrogen-bond donors (Lipinski definition) is 3. The molecule has 0 amide bonds. The largest absolute Gasteiger partial charge is 0.462 e. The van der Waals surface area contributed by atoms with Crippen molar-refractivity contribution in [2.45, 2.75) is 135 Å². The summed E-state index contributed by atoms with van der Waals surface area (Å²) in [6, 6.07) is 0. The average Bonchev–Trinajstić information content (AvgIpc) is 2.94. The Morgan fingerprint density at radius 1 is 0.700 bits per heavy atom. The van der Waals surface area contributed by atoms with E-state index in [0.717, 1.165) is 25.7 Å². The van der Waals surface area contributed by atoms with Gasteiger partial charge in [0.25, 0.3) is 0 Å². The van der Waals surface area contributed by atoms with Crippen molar-refractivity contribution in [2.75, 3.05) is 13.2 Å². The molecule has 0 radical (unpaired) electrons. The van der Waals surface area contributed by atoms with Crippen LogP contribution in [0.25, 0.3) is 0 Å². The smallest absolute Gasteiger partial charge is 0.306 e. The van der Waals surface area contributed by atoms with Crippen molar-refractivity contribution in [3.63, 3.8) is 0 Å². The van der Waals surface area contributed by atoms with Crippen LogP contribution in [0.2, 0.25) is 0 Å². The van der Waals surface area contributed by atoms with Gasteiger partial charge in [0, 0.05) is 12.8 Å². The highest BCUT2D eigenvalue weighted by molar-refractivity contribution is 5.70. The summed E-state index contributed by atoms with van der Waals surface area (Å²) >= 11 is 0. The van der Waals surface area contributed by atoms with Crippen molar-refractivity contribution in [3.05, 3.63) is 48.6 Å². The fraction of sp³-hybridized carbons (Fsp3) is 0.697. The Labute approximate surface area is 243 Å². The summed E-state index contributed by atoms with van der Waals surface area (Å²) in [6.07, 6.45) is 26.7. The Balaban J connectivity index is 3.97. The summed E-state index contributed by atoms with van der Waals surface area (Å²) in [5, 5.41) is 29.4. The monoisotopic (exact) mass is 564 g/mol. The fourth-order valence-electron chi connectivity index (χ4n) is 3.86. The molecule has 0 heterocycles. The lowest BCUT2D eigenvalue weighted by Crippen LogP contribution is -2.28. The molecule has 0 bridgehead atoms. The second kappa shape index (κ2) is 28.3. The van der Waals surface area contributed by atoms with E-state index in [1.807, 2.05) is 6.08 Å². The predicted molar refractivity (Wildman–Crippen MR) is 162 cm³/mol. The van der Waals surface area contributed by atoms with Crippen molar-refractivity contribution in [1.29, 1.82) is 0 Å². The molecule has 0 aliphatic heterocycles. The second-order valence-electron chi connectivity index (χ2n) is 10.2. The van der Waals surface area contributed by atoms with Crippen LogP contribution in [-0.4, -0.2) is 58.8 Å². The van der Waals surface area contributed by atoms with Gasteiger partial charge in [0.05, 0.1) is 18.8 Å². The number of aliphatic hydroxyl groups is 3. The SMILES string of the molecule is CCCCC/C=C\C[C@@H](O)/C=C/C=C/C=C\[C@@H](O)CCCC(=O)OC[C@H](CO)OC(=O)CCCCCCCCC. The van der Waals surface area contributed by atoms with Gasteiger partial charge in [-0.15, -0.1) is 0 Å². The summed E-state index contributed by atoms with van der Waals surface area (Å²) in [6.45, 7) is 3.78. The zero-order valence-corrected chi connectivity index (χ0v) is 25.1. The van der Waals surface area contributed by atoms with Gasteiger partial charge in [-0.05, 0) is 38.5 Å². The number of unbranched alkanes of at least 4 members (excludes halogenated alkanes) is 9. The van der Waals surface area contributed by atoms with Crippen LogP contribution in [0.4, 0.5) is 0 Å². The molecule has 7 nitrogen and oxygen atoms in total. The third-order valence-corrected chi connectivity index (χ3v) is 6.32. The van der Waals surface area contributed by atoms with E-state index in [9.17, 15) is 24.9 Å². The molecule has 0 spiro atoms. The van der Waals surface area contributed by atoms with E-state index < -0.39 is 30.9 Å². The molecule has 0 aromatic heterocycles. The van der Waals surface area contributed by atoms with E-state index in [2.05, 4.69) is 19.9 Å². The Morgan fingerprint density at radius 2 is 1.30 bits per heavy atom. The van der Waals surface area contributed by atoms with Gasteiger partial charge >= 0.3 is 11.9 Å². The Kier molecular flexibility index (Phi) is 26.7. The number of esters is 2. The van der Waals surface area contributed by atoms with Crippen molar-refractivity contribution in [2.24, 2.45) is 0 Å². The van der Waals surface area contributed by atoms with Crippen molar-refractivity contribution in [1.82, 2.24) is 0 Å². The van der Waals surface area contributed by atoms with Gasteiger partial charge in [0.15, 0.2) is 6.10 Å². The van der Waals surface area contributed by atoms with Gasteiger partial charge in [-0.1, -0.05) is 114 Å². The van der Waals surface area contributed by atoms with Crippen LogP contribution in [0.5, 0.6) is 0 Å². The number of ether oxygens (including phenoxy) is 2. The number of aliphatic hydroxyl groups excluding tert-OH is 3. The maximum atomic E-state index is 12.0. The minimum absolute atomic E-state index is 0.124. The minimum Gasteiger partial charge on any atom is -0.462 e. The van der Waals surface area contributed by atoms with Crippen molar-refractivity contribution in [3.8, 4) is 0 Å². The van der Waals surface area contributed by atoms with E-state index in [1.165, 1.54) is 44.9 Å². The summed E-state index contributed by atoms with van der Waals surface area (Å²) in [5.74, 6) is -0.846. The summed E-state index contributed by atoms with van der Waals surface area (Å²) in [4.78, 5) is 23.9. The van der Waals surface area contributed by atoms with Gasteiger partial charge in [-0.3, -0.25) is 9.59 Å². The van der Waals surface area contributed by atoms with E-state index in [0.29, 0.717) is 25.7 Å². The van der Waals surface area contributed by atoms with Crippen molar-refractivity contribution < 1.29 is 34.4 Å². The maximum Gasteiger partial charge on any atom is 0.306 e. The molecule has 3 atom stereocenters. The molecule has 0 fully saturated rings. The molecular weight excluding hydrogens is 508 g/mol. The molecule has 0 rings (SSSR count). The molecule has 3 N–H and O–H groups in total. The molecular formula is C33H56O7. The Morgan fingerprint density at radius 3 is 1.98 bits per heavy atom. The van der Waals surface area contributed by atoms with Gasteiger partial charge in [0.2, 0.25) is 0 Å². The summed E-state index contributed by atoms with van der Waals surface area (Å²) in [5.41, 5.74) is 0. The Bertz CT molecular complexity index is 726. The highest BCUT2D eigenvalue weighted by Crippen LogP contribution is 2.10. The first-order valence-corrected chi connectivity index (χ1v) is 15.4. The Hall–Kier alpha value is -2.22. The molecule has 0 saturated carbocycles. The lowest BCUT2D eigenvalue weighted by Gasteiger charge is -2.16. The van der Waals surface area contributed by atoms with E-state index >= 15 is 0 Å². The third-order valence-electron chi connectivity index (χ3n) is 6.32. The van der Waals surface area contributed by atoms with Crippen molar-refractivity contribution >= 4 is 11.9 Å². The molecule has 0 aliphatic carbocycles. The van der Waals surface area contributed by atoms with E-state index in [1.54, 1.807) is 36.5 Å². The minimum atomic E-state index is -0.858. The van der Waals surface area contributed by atoms with Crippen LogP contribution >= 0.6 is 0 Å². The van der Waals surface area contributed by atoms with Crippen LogP contribution < -0.4 is 0 Å². The molecule has 7 heteroatoms. The fourth-order valence-corrected chi connectivity index (χ4v) is 3.86. The second-order valence-corrected chi connectivity index (χ2v) is 10.2. The topological polar surface area (TPSA) is 113 Å². The highest BCUT2D eigenvalue weighted by Gasteiger charge is 2.16. The van der Waals surface area contributed by atoms with Gasteiger partial charge in [0.1, 0.15) is 6.61 Å². The molecule has 0 unspecified atom stereocenters. The number of allylic oxidation sites excluding steroid dienone is 5. The first kappa shape index (κ1) is 37.8. The highest BCUT2D eigenvalue weighted by atomic mass is 16.6. The first-order valence-electron chi connectivity index (χ1n) is 15.4. The lowest BCUT2D eigenvalue weighted by atomic mass is 10.1. The summed E-state index contributed by atoms with van der Waals surface area (Å²) in [7, 11) is 0. The van der Waals surface area contributed by atoms with E-state index in [4.69, 9.17) is 9.47 Å². The molecule has 0 aliphatic rings.